The second kappa shape index (κ2) is 5.23. The first-order valence-corrected chi connectivity index (χ1v) is 9.44. The number of nitrogens with two attached hydrogens (primary N) is 2. The Morgan fingerprint density at radius 3 is 2.35 bits per heavy atom. The molecule has 1 aromatic carbocycles. The third-order valence-corrected chi connectivity index (χ3v) is 5.97. The number of nitrogens with one attached hydrogen (secondary N) is 1. The van der Waals surface area contributed by atoms with Gasteiger partial charge in [-0.3, -0.25) is 0 Å². The van der Waals surface area contributed by atoms with Gasteiger partial charge in [0.1, 0.15) is 14.7 Å². The lowest BCUT2D eigenvalue weighted by Crippen LogP contribution is -2.32. The van der Waals surface area contributed by atoms with Crippen molar-refractivity contribution in [2.45, 2.75) is 23.8 Å². The second-order valence-electron chi connectivity index (χ2n) is 4.83. The van der Waals surface area contributed by atoms with Crippen molar-refractivity contribution >= 4 is 31.2 Å². The fraction of sp³-hybridized carbons (Fsp3) is 0.455. The molecular weight excluding hydrogens is 302 g/mol. The van der Waals surface area contributed by atoms with Gasteiger partial charge in [-0.2, -0.15) is 0 Å². The Balaban J connectivity index is 2.19. The molecule has 9 heteroatoms. The molecule has 1 saturated heterocycles. The monoisotopic (exact) mass is 319 g/mol. The number of benzene rings is 1. The van der Waals surface area contributed by atoms with E-state index in [1.807, 2.05) is 0 Å². The number of primary sulfonamides is 1. The van der Waals surface area contributed by atoms with Gasteiger partial charge in [-0.25, -0.2) is 22.0 Å². The highest BCUT2D eigenvalue weighted by Crippen LogP contribution is 2.28. The Kier molecular flexibility index (Phi) is 3.94. The Hall–Kier alpha value is -1.32. The molecule has 0 aliphatic carbocycles. The summed E-state index contributed by atoms with van der Waals surface area (Å²) in [6.07, 6.45) is 0.947. The summed E-state index contributed by atoms with van der Waals surface area (Å²) in [7, 11) is -6.81. The van der Waals surface area contributed by atoms with Crippen LogP contribution in [0.4, 0.5) is 11.4 Å². The van der Waals surface area contributed by atoms with Gasteiger partial charge in [-0.1, -0.05) is 6.07 Å². The van der Waals surface area contributed by atoms with Crippen LogP contribution in [0.1, 0.15) is 12.8 Å². The van der Waals surface area contributed by atoms with Gasteiger partial charge in [0.15, 0.2) is 0 Å². The molecule has 0 atom stereocenters. The van der Waals surface area contributed by atoms with Gasteiger partial charge < -0.3 is 11.1 Å². The first kappa shape index (κ1) is 15.1. The van der Waals surface area contributed by atoms with Crippen LogP contribution < -0.4 is 16.2 Å². The number of hydrogen-bond acceptors (Lipinski definition) is 6. The van der Waals surface area contributed by atoms with Crippen molar-refractivity contribution in [1.82, 2.24) is 0 Å². The maximum atomic E-state index is 11.4. The first-order valence-electron chi connectivity index (χ1n) is 6.07. The molecule has 1 fully saturated rings. The van der Waals surface area contributed by atoms with E-state index in [-0.39, 0.29) is 28.1 Å². The molecule has 0 bridgehead atoms. The highest BCUT2D eigenvalue weighted by atomic mass is 32.2. The molecule has 5 N–H and O–H groups in total. The fourth-order valence-electron chi connectivity index (χ4n) is 2.17. The van der Waals surface area contributed by atoms with Crippen LogP contribution in [0.3, 0.4) is 0 Å². The Morgan fingerprint density at radius 1 is 1.20 bits per heavy atom. The summed E-state index contributed by atoms with van der Waals surface area (Å²) >= 11 is 0. The van der Waals surface area contributed by atoms with Crippen LogP contribution >= 0.6 is 0 Å². The molecule has 2 rings (SSSR count). The van der Waals surface area contributed by atoms with Crippen molar-refractivity contribution < 1.29 is 16.8 Å². The Labute approximate surface area is 118 Å². The minimum absolute atomic E-state index is 0.0449. The third kappa shape index (κ3) is 3.41. The van der Waals surface area contributed by atoms with Gasteiger partial charge in [-0.05, 0) is 25.0 Å². The van der Waals surface area contributed by atoms with E-state index in [0.717, 1.165) is 0 Å². The van der Waals surface area contributed by atoms with E-state index < -0.39 is 19.9 Å². The van der Waals surface area contributed by atoms with Crippen LogP contribution in [-0.2, 0) is 19.9 Å². The van der Waals surface area contributed by atoms with Crippen molar-refractivity contribution in [2.24, 2.45) is 5.14 Å². The van der Waals surface area contributed by atoms with Crippen LogP contribution in [0.5, 0.6) is 0 Å². The molecule has 1 aliphatic heterocycles. The van der Waals surface area contributed by atoms with Gasteiger partial charge in [-0.15, -0.1) is 0 Å². The smallest absolute Gasteiger partial charge is 0.240 e. The molecule has 0 aromatic heterocycles. The van der Waals surface area contributed by atoms with E-state index in [1.165, 1.54) is 12.1 Å². The van der Waals surface area contributed by atoms with Crippen LogP contribution in [-0.4, -0.2) is 34.4 Å². The number of sulfone groups is 1. The van der Waals surface area contributed by atoms with E-state index in [1.54, 1.807) is 6.07 Å². The number of para-hydroxylation sites is 1. The van der Waals surface area contributed by atoms with E-state index in [4.69, 9.17) is 10.9 Å². The molecule has 1 aliphatic rings. The minimum Gasteiger partial charge on any atom is -0.396 e. The van der Waals surface area contributed by atoms with E-state index >= 15 is 0 Å². The molecule has 0 radical (unpaired) electrons. The Morgan fingerprint density at radius 2 is 1.80 bits per heavy atom. The molecule has 0 saturated carbocycles. The number of nitrogen functional groups attached to an aromatic ring is 1. The SMILES string of the molecule is Nc1c(NC2CCS(=O)(=O)CC2)cccc1S(N)(=O)=O. The molecule has 0 unspecified atom stereocenters. The predicted octanol–water partition coefficient (Wildman–Crippen LogP) is -0.0947. The quantitative estimate of drug-likeness (QED) is 0.667. The summed E-state index contributed by atoms with van der Waals surface area (Å²) in [4.78, 5) is -0.133. The summed E-state index contributed by atoms with van der Waals surface area (Å²) in [5, 5.41) is 8.17. The normalized spacial score (nSPS) is 19.6. The molecule has 20 heavy (non-hydrogen) atoms. The maximum Gasteiger partial charge on any atom is 0.240 e. The van der Waals surface area contributed by atoms with Crippen molar-refractivity contribution in [1.29, 1.82) is 0 Å². The lowest BCUT2D eigenvalue weighted by molar-refractivity contribution is 0.559. The summed E-state index contributed by atoms with van der Waals surface area (Å²) in [5.41, 5.74) is 6.32. The molecular formula is C11H17N3O4S2. The summed E-state index contributed by atoms with van der Waals surface area (Å²) in [6, 6.07) is 4.48. The van der Waals surface area contributed by atoms with Crippen LogP contribution in [0.25, 0.3) is 0 Å². The molecule has 112 valence electrons. The van der Waals surface area contributed by atoms with Crippen molar-refractivity contribution in [3.63, 3.8) is 0 Å². The second-order valence-corrected chi connectivity index (χ2v) is 8.67. The number of anilines is 2. The molecule has 0 spiro atoms. The average Bonchev–Trinajstić information content (AvgIpc) is 2.33. The molecule has 7 nitrogen and oxygen atoms in total. The fourth-order valence-corrected chi connectivity index (χ4v) is 4.35. The highest BCUT2D eigenvalue weighted by Gasteiger charge is 2.24. The zero-order valence-electron chi connectivity index (χ0n) is 10.7. The van der Waals surface area contributed by atoms with E-state index in [2.05, 4.69) is 5.32 Å². The lowest BCUT2D eigenvalue weighted by atomic mass is 10.1. The van der Waals surface area contributed by atoms with E-state index in [0.29, 0.717) is 18.5 Å². The van der Waals surface area contributed by atoms with Gasteiger partial charge >= 0.3 is 0 Å². The van der Waals surface area contributed by atoms with Crippen LogP contribution in [0.15, 0.2) is 23.1 Å². The Bertz CT molecular complexity index is 699. The van der Waals surface area contributed by atoms with Crippen molar-refractivity contribution in [3.8, 4) is 0 Å². The molecule has 1 heterocycles. The largest absolute Gasteiger partial charge is 0.396 e. The number of rotatable bonds is 3. The van der Waals surface area contributed by atoms with Crippen molar-refractivity contribution in [3.05, 3.63) is 18.2 Å². The predicted molar refractivity (Wildman–Crippen MR) is 77.5 cm³/mol. The minimum atomic E-state index is -3.88. The van der Waals surface area contributed by atoms with Gasteiger partial charge in [0.25, 0.3) is 0 Å². The zero-order valence-corrected chi connectivity index (χ0v) is 12.4. The topological polar surface area (TPSA) is 132 Å². The number of sulfonamides is 1. The summed E-state index contributed by atoms with van der Waals surface area (Å²) < 4.78 is 45.5. The van der Waals surface area contributed by atoms with Crippen LogP contribution in [0, 0.1) is 0 Å². The highest BCUT2D eigenvalue weighted by molar-refractivity contribution is 7.91. The molecule has 1 aromatic rings. The van der Waals surface area contributed by atoms with Gasteiger partial charge in [0, 0.05) is 6.04 Å². The van der Waals surface area contributed by atoms with Gasteiger partial charge in [0.2, 0.25) is 10.0 Å². The standard InChI is InChI=1S/C11H17N3O4S2/c12-11-9(2-1-3-10(11)20(13,17)18)14-8-4-6-19(15,16)7-5-8/h1-3,8,14H,4-7,12H2,(H2,13,17,18). The first-order chi connectivity index (χ1) is 9.19. The third-order valence-electron chi connectivity index (χ3n) is 3.29. The van der Waals surface area contributed by atoms with E-state index in [9.17, 15) is 16.8 Å². The summed E-state index contributed by atoms with van der Waals surface area (Å²) in [6.45, 7) is 0. The summed E-state index contributed by atoms with van der Waals surface area (Å²) in [5.74, 6) is 0.249. The maximum absolute atomic E-state index is 11.4. The van der Waals surface area contributed by atoms with Crippen molar-refractivity contribution in [2.75, 3.05) is 22.6 Å². The lowest BCUT2D eigenvalue weighted by Gasteiger charge is -2.25. The number of hydrogen-bond donors (Lipinski definition) is 3. The zero-order chi connectivity index (χ0) is 15.0. The molecule has 0 amide bonds. The van der Waals surface area contributed by atoms with Gasteiger partial charge in [0.05, 0.1) is 22.9 Å². The average molecular weight is 319 g/mol. The van der Waals surface area contributed by atoms with Crippen LogP contribution in [0.2, 0.25) is 0 Å².